The molecule has 0 aliphatic rings. The zero-order chi connectivity index (χ0) is 27.1. The number of likely N-dealkylation sites (N-methyl/N-ethyl adjacent to an activating group) is 1. The third-order valence-corrected chi connectivity index (χ3v) is 7.24. The van der Waals surface area contributed by atoms with Crippen molar-refractivity contribution in [2.45, 2.75) is 6.92 Å². The number of H-pyrrole nitrogens is 2. The van der Waals surface area contributed by atoms with Crippen molar-refractivity contribution in [2.75, 3.05) is 26.0 Å². The number of hydrogen-bond acceptors (Lipinski definition) is 9. The number of imidazole rings is 1. The Morgan fingerprint density at radius 1 is 1.03 bits per heavy atom. The molecule has 3 N–H and O–H groups in total. The first-order valence-corrected chi connectivity index (χ1v) is 12.9. The van der Waals surface area contributed by atoms with Gasteiger partial charge in [-0.1, -0.05) is 0 Å². The third kappa shape index (κ3) is 4.78. The molecule has 12 heteroatoms. The van der Waals surface area contributed by atoms with Gasteiger partial charge in [0, 0.05) is 29.7 Å². The van der Waals surface area contributed by atoms with Gasteiger partial charge in [-0.15, -0.1) is 11.3 Å². The van der Waals surface area contributed by atoms with Crippen molar-refractivity contribution < 1.29 is 9.59 Å². The van der Waals surface area contributed by atoms with Crippen LogP contribution in [-0.4, -0.2) is 72.3 Å². The molecule has 0 spiro atoms. The first kappa shape index (κ1) is 24.5. The van der Waals surface area contributed by atoms with Crippen molar-refractivity contribution in [3.05, 3.63) is 60.0 Å². The van der Waals surface area contributed by atoms with Crippen LogP contribution in [0.5, 0.6) is 0 Å². The molecule has 0 bridgehead atoms. The summed E-state index contributed by atoms with van der Waals surface area (Å²) in [5.74, 6) is 0.461. The molecule has 11 nitrogen and oxygen atoms in total. The molecular weight excluding hydrogens is 514 g/mol. The van der Waals surface area contributed by atoms with E-state index in [0.717, 1.165) is 26.9 Å². The maximum atomic E-state index is 12.2. The van der Waals surface area contributed by atoms with Gasteiger partial charge in [-0.25, -0.2) is 9.97 Å². The van der Waals surface area contributed by atoms with Crippen LogP contribution in [0.25, 0.3) is 55.3 Å². The lowest BCUT2D eigenvalue weighted by atomic mass is 10.1. The number of aromatic nitrogens is 7. The smallest absolute Gasteiger partial charge is 0.238 e. The van der Waals surface area contributed by atoms with Crippen LogP contribution in [0.15, 0.2) is 55.1 Å². The van der Waals surface area contributed by atoms with E-state index >= 15 is 0 Å². The Kier molecular flexibility index (Phi) is 6.17. The van der Waals surface area contributed by atoms with E-state index in [-0.39, 0.29) is 18.2 Å². The van der Waals surface area contributed by atoms with E-state index in [1.165, 1.54) is 11.3 Å². The molecule has 6 heterocycles. The number of amides is 1. The Bertz CT molecular complexity index is 1870. The molecule has 0 saturated carbocycles. The summed E-state index contributed by atoms with van der Waals surface area (Å²) in [6, 6.07) is 9.38. The van der Waals surface area contributed by atoms with Crippen LogP contribution in [0.2, 0.25) is 0 Å². The van der Waals surface area contributed by atoms with E-state index in [2.05, 4.69) is 35.5 Å². The number of nitrogens with one attached hydrogen (secondary N) is 3. The second-order valence-corrected chi connectivity index (χ2v) is 10.4. The summed E-state index contributed by atoms with van der Waals surface area (Å²) < 4.78 is 0. The average molecular weight is 538 g/mol. The Hall–Kier alpha value is -4.81. The lowest BCUT2D eigenvalue weighted by molar-refractivity contribution is -0.116. The monoisotopic (exact) mass is 537 g/mol. The second kappa shape index (κ2) is 9.82. The summed E-state index contributed by atoms with van der Waals surface area (Å²) in [5.41, 5.74) is 5.63. The van der Waals surface area contributed by atoms with Crippen LogP contribution in [0.1, 0.15) is 16.6 Å². The van der Waals surface area contributed by atoms with Gasteiger partial charge in [-0.05, 0) is 51.4 Å². The van der Waals surface area contributed by atoms with Gasteiger partial charge >= 0.3 is 0 Å². The number of aromatic amines is 2. The average Bonchev–Trinajstić information content (AvgIpc) is 3.65. The van der Waals surface area contributed by atoms with Gasteiger partial charge in [0.15, 0.2) is 17.3 Å². The number of Topliss-reactive ketones (excluding diaryl/α,β-unsaturated/α-hetero) is 1. The molecular formula is C27H23N9O2S. The van der Waals surface area contributed by atoms with E-state index < -0.39 is 0 Å². The van der Waals surface area contributed by atoms with Crippen LogP contribution >= 0.6 is 11.3 Å². The van der Waals surface area contributed by atoms with Crippen molar-refractivity contribution in [2.24, 2.45) is 0 Å². The van der Waals surface area contributed by atoms with Gasteiger partial charge in [0.1, 0.15) is 16.9 Å². The van der Waals surface area contributed by atoms with Gasteiger partial charge in [0.2, 0.25) is 5.91 Å². The van der Waals surface area contributed by atoms with Crippen molar-refractivity contribution in [1.29, 1.82) is 0 Å². The number of nitrogens with zero attached hydrogens (tertiary/aromatic N) is 6. The highest BCUT2D eigenvalue weighted by Crippen LogP contribution is 2.34. The second-order valence-electron chi connectivity index (χ2n) is 9.30. The Morgan fingerprint density at radius 2 is 1.87 bits per heavy atom. The van der Waals surface area contributed by atoms with Crippen LogP contribution in [0, 0.1) is 0 Å². The van der Waals surface area contributed by atoms with Crippen molar-refractivity contribution in [3.63, 3.8) is 0 Å². The molecule has 0 radical (unpaired) electrons. The number of carbonyl (C=O) groups excluding carboxylic acids is 2. The quantitative estimate of drug-likeness (QED) is 0.254. The normalized spacial score (nSPS) is 11.5. The number of fused-ring (bicyclic) bond motifs is 2. The fourth-order valence-electron chi connectivity index (χ4n) is 4.28. The zero-order valence-corrected chi connectivity index (χ0v) is 22.1. The lowest BCUT2D eigenvalue weighted by Crippen LogP contribution is -2.27. The molecule has 1 amide bonds. The fraction of sp³-hybridized carbons (Fsp3) is 0.148. The molecule has 0 fully saturated rings. The van der Waals surface area contributed by atoms with E-state index in [1.807, 2.05) is 44.4 Å². The third-order valence-electron chi connectivity index (χ3n) is 6.04. The Morgan fingerprint density at radius 3 is 2.67 bits per heavy atom. The number of ketones is 1. The highest BCUT2D eigenvalue weighted by molar-refractivity contribution is 7.17. The van der Waals surface area contributed by atoms with Crippen molar-refractivity contribution in [3.8, 4) is 33.2 Å². The summed E-state index contributed by atoms with van der Waals surface area (Å²) in [7, 11) is 3.67. The summed E-state index contributed by atoms with van der Waals surface area (Å²) in [6.07, 6.45) is 6.78. The molecule has 0 aliphatic carbocycles. The molecule has 39 heavy (non-hydrogen) atoms. The predicted molar refractivity (Wildman–Crippen MR) is 151 cm³/mol. The van der Waals surface area contributed by atoms with E-state index in [0.29, 0.717) is 38.9 Å². The van der Waals surface area contributed by atoms with Gasteiger partial charge in [0.25, 0.3) is 0 Å². The maximum absolute atomic E-state index is 12.2. The highest BCUT2D eigenvalue weighted by Gasteiger charge is 2.18. The molecule has 194 valence electrons. The largest absolute Gasteiger partial charge is 0.336 e. The highest BCUT2D eigenvalue weighted by atomic mass is 32.1. The van der Waals surface area contributed by atoms with Crippen LogP contribution in [0.4, 0.5) is 5.69 Å². The van der Waals surface area contributed by atoms with E-state index in [9.17, 15) is 9.59 Å². The van der Waals surface area contributed by atoms with Gasteiger partial charge in [-0.3, -0.25) is 24.7 Å². The maximum Gasteiger partial charge on any atom is 0.238 e. The summed E-state index contributed by atoms with van der Waals surface area (Å²) in [6.45, 7) is 1.82. The Balaban J connectivity index is 1.37. The predicted octanol–water partition coefficient (Wildman–Crippen LogP) is 4.39. The van der Waals surface area contributed by atoms with Crippen molar-refractivity contribution in [1.82, 2.24) is 40.0 Å². The van der Waals surface area contributed by atoms with E-state index in [4.69, 9.17) is 4.98 Å². The minimum absolute atomic E-state index is 0.0177. The molecule has 0 unspecified atom stereocenters. The molecule has 0 atom stereocenters. The van der Waals surface area contributed by atoms with Gasteiger partial charge in [-0.2, -0.15) is 5.10 Å². The molecule has 6 aromatic rings. The zero-order valence-electron chi connectivity index (χ0n) is 21.3. The first-order valence-electron chi connectivity index (χ1n) is 12.1. The van der Waals surface area contributed by atoms with Gasteiger partial charge in [0.05, 0.1) is 39.1 Å². The number of hydrogen-bond donors (Lipinski definition) is 3. The molecule has 0 aliphatic heterocycles. The van der Waals surface area contributed by atoms with Crippen LogP contribution in [-0.2, 0) is 4.79 Å². The number of carbonyl (C=O) groups is 2. The molecule has 0 saturated heterocycles. The van der Waals surface area contributed by atoms with Crippen molar-refractivity contribution >= 4 is 50.8 Å². The molecule has 0 aromatic carbocycles. The summed E-state index contributed by atoms with van der Waals surface area (Å²) in [5, 5.41) is 11.1. The van der Waals surface area contributed by atoms with E-state index in [1.54, 1.807) is 36.6 Å². The fourth-order valence-corrected chi connectivity index (χ4v) is 5.18. The van der Waals surface area contributed by atoms with Crippen LogP contribution < -0.4 is 5.32 Å². The molecule has 6 rings (SSSR count). The summed E-state index contributed by atoms with van der Waals surface area (Å²) in [4.78, 5) is 48.9. The van der Waals surface area contributed by atoms with Crippen LogP contribution in [0.3, 0.4) is 0 Å². The topological polar surface area (TPSA) is 145 Å². The number of rotatable bonds is 7. The first-order chi connectivity index (χ1) is 18.9. The Labute approximate surface area is 226 Å². The number of pyridine rings is 3. The minimum Gasteiger partial charge on any atom is -0.336 e. The van der Waals surface area contributed by atoms with Gasteiger partial charge < -0.3 is 15.2 Å². The standard InChI is InChI=1S/C27H23N9O2S/c1-14(37)20-4-5-21(39-20)25-24-19(6-7-29-25)32-27(33-24)23-18-9-16(11-30-26(18)35-34-23)15-8-17(12-28-10-15)31-22(38)13-36(2)3/h4-12H,13H2,1-3H3,(H,31,38)(H,32,33)(H,30,34,35). The number of anilines is 1. The summed E-state index contributed by atoms with van der Waals surface area (Å²) >= 11 is 1.39. The molecule has 6 aromatic heterocycles. The SMILES string of the molecule is CC(=O)c1ccc(-c2nccc3[nH]c(-c4n[nH]c5ncc(-c6cncc(NC(=O)CN(C)C)c6)cc45)nc23)s1. The minimum atomic E-state index is -0.122. The lowest BCUT2D eigenvalue weighted by Gasteiger charge is -2.10. The number of thiophene rings is 1.